The molecule has 1 fully saturated rings. The van der Waals surface area contributed by atoms with Gasteiger partial charge in [0.15, 0.2) is 0 Å². The van der Waals surface area contributed by atoms with Crippen molar-refractivity contribution < 1.29 is 34.1 Å². The maximum Gasteiger partial charge on any atom is 0.407 e. The largest absolute Gasteiger partial charge is 0.480 e. The number of rotatable bonds is 7. The molecule has 2 atom stereocenters. The molecule has 0 saturated carbocycles. The maximum atomic E-state index is 12.2. The number of amides is 3. The molecule has 2 aromatic rings. The molecule has 2 aliphatic rings. The van der Waals surface area contributed by atoms with Crippen molar-refractivity contribution in [3.05, 3.63) is 59.7 Å². The summed E-state index contributed by atoms with van der Waals surface area (Å²) in [7, 11) is 0. The van der Waals surface area contributed by atoms with Crippen molar-refractivity contribution >= 4 is 23.9 Å². The zero-order chi connectivity index (χ0) is 24.2. The molecular formula is C24H25N3O7. The van der Waals surface area contributed by atoms with Gasteiger partial charge in [-0.3, -0.25) is 9.59 Å². The van der Waals surface area contributed by atoms with Crippen molar-refractivity contribution in [1.82, 2.24) is 15.5 Å². The number of β-amino-alcohol motifs (C(OH)–C–C–N with tert-alkyl or cyclic N) is 1. The van der Waals surface area contributed by atoms with E-state index in [9.17, 15) is 24.3 Å². The van der Waals surface area contributed by atoms with Gasteiger partial charge in [-0.1, -0.05) is 48.5 Å². The first-order valence-electron chi connectivity index (χ1n) is 10.9. The lowest BCUT2D eigenvalue weighted by atomic mass is 9.98. The summed E-state index contributed by atoms with van der Waals surface area (Å²) < 4.78 is 5.35. The molecule has 2 aromatic carbocycles. The van der Waals surface area contributed by atoms with Crippen molar-refractivity contribution in [2.75, 3.05) is 26.2 Å². The minimum absolute atomic E-state index is 0.0572. The number of hydrogen-bond donors (Lipinski definition) is 4. The van der Waals surface area contributed by atoms with Crippen LogP contribution < -0.4 is 10.6 Å². The second-order valence-electron chi connectivity index (χ2n) is 8.25. The highest BCUT2D eigenvalue weighted by atomic mass is 16.5. The fourth-order valence-electron chi connectivity index (χ4n) is 4.46. The Kier molecular flexibility index (Phi) is 6.78. The fourth-order valence-corrected chi connectivity index (χ4v) is 4.46. The van der Waals surface area contributed by atoms with Gasteiger partial charge in [0.05, 0.1) is 12.6 Å². The fraction of sp³-hybridized carbons (Fsp3) is 0.333. The number of nitrogens with zero attached hydrogens (tertiary/aromatic N) is 1. The Bertz CT molecular complexity index is 1070. The molecule has 0 radical (unpaired) electrons. The zero-order valence-electron chi connectivity index (χ0n) is 18.3. The molecule has 1 unspecified atom stereocenters. The van der Waals surface area contributed by atoms with Gasteiger partial charge in [0.2, 0.25) is 11.8 Å². The van der Waals surface area contributed by atoms with Crippen LogP contribution in [0.3, 0.4) is 0 Å². The van der Waals surface area contributed by atoms with Gasteiger partial charge in [-0.15, -0.1) is 0 Å². The third-order valence-corrected chi connectivity index (χ3v) is 6.06. The molecule has 178 valence electrons. The lowest BCUT2D eigenvalue weighted by Gasteiger charge is -2.21. The molecule has 0 aromatic heterocycles. The van der Waals surface area contributed by atoms with Crippen LogP contribution in [0.1, 0.15) is 23.5 Å². The lowest BCUT2D eigenvalue weighted by molar-refractivity contribution is -0.148. The van der Waals surface area contributed by atoms with E-state index in [0.29, 0.717) is 0 Å². The number of carbonyl (C=O) groups is 4. The smallest absolute Gasteiger partial charge is 0.407 e. The third-order valence-electron chi connectivity index (χ3n) is 6.06. The summed E-state index contributed by atoms with van der Waals surface area (Å²) >= 11 is 0. The predicted molar refractivity (Wildman–Crippen MR) is 120 cm³/mol. The van der Waals surface area contributed by atoms with E-state index in [1.54, 1.807) is 0 Å². The summed E-state index contributed by atoms with van der Waals surface area (Å²) in [5.41, 5.74) is 4.34. The van der Waals surface area contributed by atoms with Gasteiger partial charge >= 0.3 is 12.1 Å². The molecule has 34 heavy (non-hydrogen) atoms. The second kappa shape index (κ2) is 9.92. The first kappa shape index (κ1) is 23.2. The van der Waals surface area contributed by atoms with Crippen LogP contribution in [0.4, 0.5) is 4.79 Å². The average Bonchev–Trinajstić information content (AvgIpc) is 3.38. The van der Waals surface area contributed by atoms with Crippen LogP contribution in [-0.2, 0) is 19.1 Å². The number of aliphatic hydroxyl groups excluding tert-OH is 1. The highest BCUT2D eigenvalue weighted by Crippen LogP contribution is 2.44. The molecular weight excluding hydrogens is 442 g/mol. The number of carbonyl (C=O) groups excluding carboxylic acids is 3. The van der Waals surface area contributed by atoms with Gasteiger partial charge < -0.3 is 30.5 Å². The quantitative estimate of drug-likeness (QED) is 0.469. The predicted octanol–water partition coefficient (Wildman–Crippen LogP) is 0.688. The van der Waals surface area contributed by atoms with Crippen LogP contribution in [-0.4, -0.2) is 77.4 Å². The molecule has 0 spiro atoms. The number of likely N-dealkylation sites (tertiary alicyclic amines) is 1. The van der Waals surface area contributed by atoms with Crippen LogP contribution >= 0.6 is 0 Å². The summed E-state index contributed by atoms with van der Waals surface area (Å²) in [6.45, 7) is -0.853. The molecule has 10 heteroatoms. The Labute approximate surface area is 195 Å². The van der Waals surface area contributed by atoms with E-state index in [-0.39, 0.29) is 25.5 Å². The summed E-state index contributed by atoms with van der Waals surface area (Å²) in [6, 6.07) is 14.7. The van der Waals surface area contributed by atoms with Crippen molar-refractivity contribution in [2.24, 2.45) is 0 Å². The Morgan fingerprint density at radius 2 is 1.56 bits per heavy atom. The number of ether oxygens (including phenoxy) is 1. The number of aliphatic hydroxyl groups is 1. The van der Waals surface area contributed by atoms with Gasteiger partial charge in [0.25, 0.3) is 0 Å². The molecule has 3 amide bonds. The van der Waals surface area contributed by atoms with E-state index < -0.39 is 49.1 Å². The number of alkyl carbamates (subject to hydrolysis) is 1. The van der Waals surface area contributed by atoms with Gasteiger partial charge in [-0.2, -0.15) is 0 Å². The normalized spacial score (nSPS) is 18.7. The monoisotopic (exact) mass is 467 g/mol. The Balaban J connectivity index is 1.23. The molecule has 10 nitrogen and oxygen atoms in total. The van der Waals surface area contributed by atoms with Crippen molar-refractivity contribution in [1.29, 1.82) is 0 Å². The average molecular weight is 467 g/mol. The Morgan fingerprint density at radius 1 is 0.941 bits per heavy atom. The van der Waals surface area contributed by atoms with E-state index in [1.807, 2.05) is 48.5 Å². The van der Waals surface area contributed by atoms with E-state index in [0.717, 1.165) is 27.2 Å². The standard InChI is InChI=1S/C24H25N3O7/c28-14-9-20(23(31)32)27(12-14)22(30)11-25-21(29)10-26-24(33)34-13-19-17-7-3-1-5-15(17)16-6-2-4-8-18(16)19/h1-8,14,19-20,28H,9-13H2,(H,25,29)(H,26,33)(H,31,32)/t14?,20-/m0/s1. The molecule has 1 aliphatic carbocycles. The minimum Gasteiger partial charge on any atom is -0.480 e. The molecule has 1 saturated heterocycles. The first-order chi connectivity index (χ1) is 16.3. The number of carboxylic acids is 1. The number of benzene rings is 2. The van der Waals surface area contributed by atoms with Crippen molar-refractivity contribution in [3.63, 3.8) is 0 Å². The SMILES string of the molecule is O=C(CNC(=O)OCC1c2ccccc2-c2ccccc21)NCC(=O)N1CC(O)C[C@H]1C(=O)O. The second-order valence-corrected chi connectivity index (χ2v) is 8.25. The van der Waals surface area contributed by atoms with Crippen LogP contribution in [0.15, 0.2) is 48.5 Å². The van der Waals surface area contributed by atoms with Gasteiger partial charge in [0, 0.05) is 18.9 Å². The van der Waals surface area contributed by atoms with Gasteiger partial charge in [0.1, 0.15) is 19.2 Å². The van der Waals surface area contributed by atoms with Crippen molar-refractivity contribution in [2.45, 2.75) is 24.5 Å². The number of aliphatic carboxylic acids is 1. The van der Waals surface area contributed by atoms with Gasteiger partial charge in [-0.25, -0.2) is 9.59 Å². The molecule has 4 rings (SSSR count). The van der Waals surface area contributed by atoms with Crippen LogP contribution in [0, 0.1) is 0 Å². The molecule has 4 N–H and O–H groups in total. The van der Waals surface area contributed by atoms with Crippen LogP contribution in [0.2, 0.25) is 0 Å². The number of carboxylic acid groups (broad SMARTS) is 1. The number of nitrogens with one attached hydrogen (secondary N) is 2. The van der Waals surface area contributed by atoms with E-state index in [1.165, 1.54) is 0 Å². The highest BCUT2D eigenvalue weighted by molar-refractivity contribution is 5.89. The number of fused-ring (bicyclic) bond motifs is 3. The zero-order valence-corrected chi connectivity index (χ0v) is 18.3. The van der Waals surface area contributed by atoms with E-state index in [2.05, 4.69) is 10.6 Å². The van der Waals surface area contributed by atoms with Crippen molar-refractivity contribution in [3.8, 4) is 11.1 Å². The Morgan fingerprint density at radius 3 is 2.18 bits per heavy atom. The first-order valence-corrected chi connectivity index (χ1v) is 10.9. The Hall–Kier alpha value is -3.92. The minimum atomic E-state index is -1.21. The summed E-state index contributed by atoms with van der Waals surface area (Å²) in [4.78, 5) is 48.6. The summed E-state index contributed by atoms with van der Waals surface area (Å²) in [6.07, 6.45) is -1.74. The van der Waals surface area contributed by atoms with Gasteiger partial charge in [-0.05, 0) is 22.3 Å². The topological polar surface area (TPSA) is 145 Å². The van der Waals surface area contributed by atoms with Crippen LogP contribution in [0.5, 0.6) is 0 Å². The highest BCUT2D eigenvalue weighted by Gasteiger charge is 2.38. The van der Waals surface area contributed by atoms with E-state index >= 15 is 0 Å². The summed E-state index contributed by atoms with van der Waals surface area (Å²) in [5, 5.41) is 23.5. The van der Waals surface area contributed by atoms with E-state index in [4.69, 9.17) is 9.84 Å². The molecule has 1 aliphatic heterocycles. The maximum absolute atomic E-state index is 12.2. The molecule has 0 bridgehead atoms. The third kappa shape index (κ3) is 4.86. The molecule has 1 heterocycles. The lowest BCUT2D eigenvalue weighted by Crippen LogP contribution is -2.47. The van der Waals surface area contributed by atoms with Crippen LogP contribution in [0.25, 0.3) is 11.1 Å². The number of hydrogen-bond acceptors (Lipinski definition) is 6. The summed E-state index contributed by atoms with van der Waals surface area (Å²) in [5.74, 6) is -2.58.